The number of hydrogen-bond acceptors (Lipinski definition) is 3. The molecule has 0 aliphatic heterocycles. The van der Waals surface area contributed by atoms with Gasteiger partial charge in [0.1, 0.15) is 5.58 Å². The molecule has 0 spiro atoms. The molecule has 0 atom stereocenters. The number of nitrogens with zero attached hydrogens (tertiary/aromatic N) is 2. The van der Waals surface area contributed by atoms with E-state index in [1.165, 1.54) is 5.56 Å². The maximum absolute atomic E-state index is 6.08. The number of benzene rings is 3. The molecular formula is C30H22IrN2O-2. The van der Waals surface area contributed by atoms with Gasteiger partial charge in [-0.15, -0.1) is 53.6 Å². The van der Waals surface area contributed by atoms with Crippen molar-refractivity contribution < 1.29 is 24.5 Å². The van der Waals surface area contributed by atoms with Crippen LogP contribution in [0.4, 0.5) is 0 Å². The molecule has 4 heteroatoms. The van der Waals surface area contributed by atoms with Crippen LogP contribution in [0.1, 0.15) is 11.1 Å². The van der Waals surface area contributed by atoms with Crippen LogP contribution in [0.5, 0.6) is 0 Å². The number of aromatic nitrogens is 2. The molecule has 3 aromatic heterocycles. The number of fused-ring (bicyclic) bond motifs is 3. The fourth-order valence-corrected chi connectivity index (χ4v) is 3.83. The predicted octanol–water partition coefficient (Wildman–Crippen LogP) is 7.61. The fourth-order valence-electron chi connectivity index (χ4n) is 3.83. The summed E-state index contributed by atoms with van der Waals surface area (Å²) in [6.45, 7) is 4.15. The van der Waals surface area contributed by atoms with Crippen molar-refractivity contribution in [3.8, 4) is 22.5 Å². The van der Waals surface area contributed by atoms with Crippen LogP contribution >= 0.6 is 0 Å². The van der Waals surface area contributed by atoms with E-state index in [2.05, 4.69) is 54.1 Å². The summed E-state index contributed by atoms with van der Waals surface area (Å²) >= 11 is 0. The van der Waals surface area contributed by atoms with Crippen LogP contribution in [0.3, 0.4) is 0 Å². The van der Waals surface area contributed by atoms with Crippen LogP contribution in [-0.2, 0) is 20.1 Å². The van der Waals surface area contributed by atoms with E-state index in [0.29, 0.717) is 0 Å². The Morgan fingerprint density at radius 3 is 2.15 bits per heavy atom. The Hall–Kier alpha value is -3.59. The summed E-state index contributed by atoms with van der Waals surface area (Å²) in [5.74, 6) is 0. The predicted molar refractivity (Wildman–Crippen MR) is 134 cm³/mol. The van der Waals surface area contributed by atoms with E-state index in [1.54, 1.807) is 12.4 Å². The van der Waals surface area contributed by atoms with Crippen molar-refractivity contribution in [2.24, 2.45) is 0 Å². The molecule has 0 aliphatic carbocycles. The molecule has 169 valence electrons. The summed E-state index contributed by atoms with van der Waals surface area (Å²) in [5, 5.41) is 2.28. The molecule has 3 nitrogen and oxygen atoms in total. The molecule has 3 heterocycles. The Labute approximate surface area is 212 Å². The average Bonchev–Trinajstić information content (AvgIpc) is 3.23. The average molecular weight is 619 g/mol. The Bertz CT molecular complexity index is 1470. The van der Waals surface area contributed by atoms with Crippen molar-refractivity contribution in [1.29, 1.82) is 0 Å². The molecule has 0 N–H and O–H groups in total. The summed E-state index contributed by atoms with van der Waals surface area (Å²) in [6.07, 6.45) is 3.58. The smallest absolute Gasteiger partial charge is 0.120 e. The number of pyridine rings is 2. The Morgan fingerprint density at radius 1 is 0.735 bits per heavy atom. The van der Waals surface area contributed by atoms with Gasteiger partial charge in [-0.25, -0.2) is 0 Å². The minimum Gasteiger partial charge on any atom is -0.501 e. The third-order valence-corrected chi connectivity index (χ3v) is 5.36. The van der Waals surface area contributed by atoms with E-state index < -0.39 is 0 Å². The molecule has 34 heavy (non-hydrogen) atoms. The summed E-state index contributed by atoms with van der Waals surface area (Å²) in [4.78, 5) is 8.65. The van der Waals surface area contributed by atoms with Crippen LogP contribution < -0.4 is 0 Å². The topological polar surface area (TPSA) is 38.9 Å². The molecule has 1 radical (unpaired) electrons. The third kappa shape index (κ3) is 4.99. The number of rotatable bonds is 2. The Kier molecular flexibility index (Phi) is 7.32. The van der Waals surface area contributed by atoms with Crippen LogP contribution in [-0.4, -0.2) is 9.97 Å². The van der Waals surface area contributed by atoms with Crippen molar-refractivity contribution in [1.82, 2.24) is 9.97 Å². The van der Waals surface area contributed by atoms with Crippen molar-refractivity contribution in [3.63, 3.8) is 0 Å². The van der Waals surface area contributed by atoms with Crippen LogP contribution in [0.15, 0.2) is 102 Å². The first-order valence-corrected chi connectivity index (χ1v) is 10.8. The molecule has 0 aliphatic rings. The normalized spacial score (nSPS) is 10.4. The zero-order chi connectivity index (χ0) is 22.6. The first-order valence-electron chi connectivity index (χ1n) is 10.8. The minimum atomic E-state index is 0. The summed E-state index contributed by atoms with van der Waals surface area (Å²) in [5.41, 5.74) is 7.92. The zero-order valence-electron chi connectivity index (χ0n) is 18.9. The van der Waals surface area contributed by atoms with Gasteiger partial charge in [0.25, 0.3) is 0 Å². The fraction of sp³-hybridized carbons (Fsp3) is 0.0667. The molecule has 6 rings (SSSR count). The van der Waals surface area contributed by atoms with E-state index >= 15 is 0 Å². The molecule has 0 fully saturated rings. The van der Waals surface area contributed by atoms with Gasteiger partial charge >= 0.3 is 0 Å². The quantitative estimate of drug-likeness (QED) is 0.188. The van der Waals surface area contributed by atoms with E-state index in [-0.39, 0.29) is 20.1 Å². The van der Waals surface area contributed by atoms with E-state index in [4.69, 9.17) is 4.42 Å². The molecule has 3 aromatic carbocycles. The van der Waals surface area contributed by atoms with Crippen LogP contribution in [0, 0.1) is 26.0 Å². The van der Waals surface area contributed by atoms with E-state index in [0.717, 1.165) is 50.0 Å². The maximum Gasteiger partial charge on any atom is 0.120 e. The van der Waals surface area contributed by atoms with Crippen molar-refractivity contribution in [2.75, 3.05) is 0 Å². The van der Waals surface area contributed by atoms with Gasteiger partial charge < -0.3 is 14.4 Å². The van der Waals surface area contributed by atoms with Crippen LogP contribution in [0.25, 0.3) is 44.5 Å². The van der Waals surface area contributed by atoms with Gasteiger partial charge in [0.05, 0.1) is 5.58 Å². The Balaban J connectivity index is 0.000000180. The summed E-state index contributed by atoms with van der Waals surface area (Å²) < 4.78 is 6.08. The second kappa shape index (κ2) is 10.6. The summed E-state index contributed by atoms with van der Waals surface area (Å²) in [6, 6.07) is 34.5. The van der Waals surface area contributed by atoms with Gasteiger partial charge in [0.15, 0.2) is 0 Å². The molecule has 0 unspecified atom stereocenters. The van der Waals surface area contributed by atoms with Gasteiger partial charge in [0.2, 0.25) is 0 Å². The number of hydrogen-bond donors (Lipinski definition) is 0. The third-order valence-electron chi connectivity index (χ3n) is 5.36. The van der Waals surface area contributed by atoms with Gasteiger partial charge in [-0.05, 0) is 42.6 Å². The van der Waals surface area contributed by atoms with Gasteiger partial charge in [-0.3, -0.25) is 0 Å². The number of furan rings is 1. The Morgan fingerprint density at radius 2 is 1.47 bits per heavy atom. The standard InChI is InChI=1S/C19H14NO.C11H8N.Ir/c1-12-6-7-18-14(9-12)15-10-13(2)11-16(19(15)21-18)17-5-3-4-8-20-17;1-2-6-10(7-3-1)11-8-4-5-9-12-11;/h3-10H,1-2H3;1-6,8-9H;/q2*-1;. The molecule has 0 saturated heterocycles. The maximum atomic E-state index is 6.08. The van der Waals surface area contributed by atoms with E-state index in [9.17, 15) is 0 Å². The van der Waals surface area contributed by atoms with E-state index in [1.807, 2.05) is 66.7 Å². The van der Waals surface area contributed by atoms with Gasteiger partial charge in [0, 0.05) is 37.9 Å². The largest absolute Gasteiger partial charge is 0.501 e. The molecule has 0 bridgehead atoms. The van der Waals surface area contributed by atoms with Gasteiger partial charge in [-0.1, -0.05) is 53.8 Å². The first-order chi connectivity index (χ1) is 16.2. The molecular weight excluding hydrogens is 597 g/mol. The van der Waals surface area contributed by atoms with Crippen molar-refractivity contribution in [2.45, 2.75) is 13.8 Å². The van der Waals surface area contributed by atoms with Gasteiger partial charge in [-0.2, -0.15) is 0 Å². The molecule has 0 amide bonds. The second-order valence-electron chi connectivity index (χ2n) is 7.88. The first kappa shape index (κ1) is 23.6. The number of aryl methyl sites for hydroxylation is 2. The van der Waals surface area contributed by atoms with Crippen molar-refractivity contribution >= 4 is 21.9 Å². The molecule has 0 saturated carbocycles. The van der Waals surface area contributed by atoms with Crippen LogP contribution in [0.2, 0.25) is 0 Å². The monoisotopic (exact) mass is 619 g/mol. The summed E-state index contributed by atoms with van der Waals surface area (Å²) in [7, 11) is 0. The van der Waals surface area contributed by atoms with Crippen molar-refractivity contribution in [3.05, 3.63) is 121 Å². The molecule has 6 aromatic rings. The zero-order valence-corrected chi connectivity index (χ0v) is 21.3. The minimum absolute atomic E-state index is 0. The second-order valence-corrected chi connectivity index (χ2v) is 7.88. The SMILES string of the molecule is Cc1[c-]c(-c2ccccn2)c2oc3ccc(C)cc3c2c1.[Ir].[c-]1ccccc1-c1ccccn1.